The predicted molar refractivity (Wildman–Crippen MR) is 74.9 cm³/mol. The Bertz CT molecular complexity index is 545. The second kappa shape index (κ2) is 6.30. The number of nitrogens with one attached hydrogen (secondary N) is 2. The average molecular weight is 351 g/mol. The maximum absolute atomic E-state index is 12.9. The lowest BCUT2D eigenvalue weighted by atomic mass is 10.1. The first kappa shape index (κ1) is 14.9. The van der Waals surface area contributed by atoms with Crippen LogP contribution >= 0.6 is 15.9 Å². The van der Waals surface area contributed by atoms with E-state index in [1.54, 1.807) is 0 Å². The fourth-order valence-corrected chi connectivity index (χ4v) is 4.22. The summed E-state index contributed by atoms with van der Waals surface area (Å²) in [5.41, 5.74) is 0. The quantitative estimate of drug-likeness (QED) is 0.852. The SMILES string of the molecule is O=S(=O)(NCCC1CCNC1)c1ccc(F)cc1Br. The number of hydrogen-bond acceptors (Lipinski definition) is 3. The fourth-order valence-electron chi connectivity index (χ4n) is 2.13. The van der Waals surface area contributed by atoms with E-state index in [9.17, 15) is 12.8 Å². The molecule has 1 aliphatic rings. The second-order valence-corrected chi connectivity index (χ2v) is 7.21. The van der Waals surface area contributed by atoms with E-state index < -0.39 is 15.8 Å². The first-order valence-corrected chi connectivity index (χ1v) is 8.42. The van der Waals surface area contributed by atoms with E-state index in [1.807, 2.05) is 0 Å². The zero-order chi connectivity index (χ0) is 13.9. The monoisotopic (exact) mass is 350 g/mol. The molecule has 1 aromatic carbocycles. The summed E-state index contributed by atoms with van der Waals surface area (Å²) in [7, 11) is -3.58. The molecule has 4 nitrogen and oxygen atoms in total. The van der Waals surface area contributed by atoms with Gasteiger partial charge in [0, 0.05) is 11.0 Å². The molecule has 1 fully saturated rings. The van der Waals surface area contributed by atoms with Crippen LogP contribution in [0.5, 0.6) is 0 Å². The van der Waals surface area contributed by atoms with Crippen molar-refractivity contribution in [2.75, 3.05) is 19.6 Å². The number of halogens is 2. The minimum atomic E-state index is -3.58. The molecule has 7 heteroatoms. The van der Waals surface area contributed by atoms with Gasteiger partial charge in [-0.1, -0.05) is 0 Å². The Morgan fingerprint density at radius 3 is 2.89 bits per heavy atom. The van der Waals surface area contributed by atoms with E-state index in [0.29, 0.717) is 12.5 Å². The summed E-state index contributed by atoms with van der Waals surface area (Å²) in [5.74, 6) is 0.0576. The zero-order valence-corrected chi connectivity index (χ0v) is 12.7. The zero-order valence-electron chi connectivity index (χ0n) is 10.3. The maximum atomic E-state index is 12.9. The lowest BCUT2D eigenvalue weighted by Gasteiger charge is -2.11. The van der Waals surface area contributed by atoms with E-state index in [4.69, 9.17) is 0 Å². The normalized spacial score (nSPS) is 19.8. The largest absolute Gasteiger partial charge is 0.316 e. The molecule has 0 amide bonds. The Morgan fingerprint density at radius 2 is 2.26 bits per heavy atom. The molecule has 0 spiro atoms. The van der Waals surface area contributed by atoms with Gasteiger partial charge < -0.3 is 5.32 Å². The smallest absolute Gasteiger partial charge is 0.241 e. The summed E-state index contributed by atoms with van der Waals surface area (Å²) >= 11 is 3.07. The van der Waals surface area contributed by atoms with Crippen molar-refractivity contribution in [2.45, 2.75) is 17.7 Å². The van der Waals surface area contributed by atoms with Crippen LogP contribution in [0.25, 0.3) is 0 Å². The van der Waals surface area contributed by atoms with Crippen LogP contribution in [0, 0.1) is 11.7 Å². The predicted octanol–water partition coefficient (Wildman–Crippen LogP) is 1.87. The van der Waals surface area contributed by atoms with E-state index >= 15 is 0 Å². The maximum Gasteiger partial charge on any atom is 0.241 e. The minimum absolute atomic E-state index is 0.0680. The molecular weight excluding hydrogens is 335 g/mol. The lowest BCUT2D eigenvalue weighted by molar-refractivity contribution is 0.519. The molecule has 0 bridgehead atoms. The number of sulfonamides is 1. The molecule has 2 N–H and O–H groups in total. The van der Waals surface area contributed by atoms with Gasteiger partial charge >= 0.3 is 0 Å². The molecule has 1 heterocycles. The van der Waals surface area contributed by atoms with Crippen LogP contribution in [0.15, 0.2) is 27.6 Å². The highest BCUT2D eigenvalue weighted by Crippen LogP contribution is 2.22. The van der Waals surface area contributed by atoms with E-state index in [1.165, 1.54) is 6.07 Å². The van der Waals surface area contributed by atoms with Crippen molar-refractivity contribution in [3.63, 3.8) is 0 Å². The highest BCUT2D eigenvalue weighted by Gasteiger charge is 2.19. The number of hydrogen-bond donors (Lipinski definition) is 2. The molecule has 1 unspecified atom stereocenters. The molecule has 2 rings (SSSR count). The third-order valence-electron chi connectivity index (χ3n) is 3.19. The third-order valence-corrected chi connectivity index (χ3v) is 5.63. The van der Waals surface area contributed by atoms with Crippen LogP contribution in [-0.4, -0.2) is 28.1 Å². The van der Waals surface area contributed by atoms with Crippen LogP contribution in [0.2, 0.25) is 0 Å². The van der Waals surface area contributed by atoms with Gasteiger partial charge in [-0.25, -0.2) is 17.5 Å². The van der Waals surface area contributed by atoms with Crippen LogP contribution in [-0.2, 0) is 10.0 Å². The summed E-state index contributed by atoms with van der Waals surface area (Å²) in [6, 6.07) is 3.55. The van der Waals surface area contributed by atoms with E-state index in [2.05, 4.69) is 26.0 Å². The van der Waals surface area contributed by atoms with Crippen molar-refractivity contribution in [3.8, 4) is 0 Å². The molecule has 1 aromatic rings. The van der Waals surface area contributed by atoms with Gasteiger partial charge in [-0.05, 0) is 66.0 Å². The summed E-state index contributed by atoms with van der Waals surface area (Å²) in [6.07, 6.45) is 1.90. The van der Waals surface area contributed by atoms with Gasteiger partial charge in [-0.2, -0.15) is 0 Å². The highest BCUT2D eigenvalue weighted by atomic mass is 79.9. The Kier molecular flexibility index (Phi) is 4.94. The van der Waals surface area contributed by atoms with Crippen LogP contribution in [0.4, 0.5) is 4.39 Å². The standard InChI is InChI=1S/C12H16BrFN2O2S/c13-11-7-10(14)1-2-12(11)19(17,18)16-6-4-9-3-5-15-8-9/h1-2,7,9,15-16H,3-6,8H2. The van der Waals surface area contributed by atoms with Crippen LogP contribution in [0.1, 0.15) is 12.8 Å². The van der Waals surface area contributed by atoms with Gasteiger partial charge in [-0.3, -0.25) is 0 Å². The summed E-state index contributed by atoms with van der Waals surface area (Å²) in [5, 5.41) is 3.24. The lowest BCUT2D eigenvalue weighted by Crippen LogP contribution is -2.27. The number of benzene rings is 1. The Hall–Kier alpha value is -0.500. The first-order valence-electron chi connectivity index (χ1n) is 6.14. The molecule has 1 aliphatic heterocycles. The second-order valence-electron chi connectivity index (χ2n) is 4.62. The molecule has 0 aliphatic carbocycles. The molecular formula is C12H16BrFN2O2S. The Balaban J connectivity index is 1.97. The van der Waals surface area contributed by atoms with E-state index in [-0.39, 0.29) is 9.37 Å². The molecule has 106 valence electrons. The van der Waals surface area contributed by atoms with Gasteiger partial charge in [0.1, 0.15) is 5.82 Å². The van der Waals surface area contributed by atoms with Gasteiger partial charge in [0.15, 0.2) is 0 Å². The summed E-state index contributed by atoms with van der Waals surface area (Å²) < 4.78 is 39.9. The third kappa shape index (κ3) is 3.98. The van der Waals surface area contributed by atoms with Crippen molar-refractivity contribution in [1.82, 2.24) is 10.0 Å². The van der Waals surface area contributed by atoms with Gasteiger partial charge in [-0.15, -0.1) is 0 Å². The molecule has 1 atom stereocenters. The topological polar surface area (TPSA) is 58.2 Å². The molecule has 0 aromatic heterocycles. The first-order chi connectivity index (χ1) is 8.99. The number of rotatable bonds is 5. The van der Waals surface area contributed by atoms with Gasteiger partial charge in [0.25, 0.3) is 0 Å². The molecule has 19 heavy (non-hydrogen) atoms. The summed E-state index contributed by atoms with van der Waals surface area (Å²) in [4.78, 5) is 0.0680. The van der Waals surface area contributed by atoms with E-state index in [0.717, 1.165) is 38.1 Å². The fraction of sp³-hybridized carbons (Fsp3) is 0.500. The summed E-state index contributed by atoms with van der Waals surface area (Å²) in [6.45, 7) is 2.35. The van der Waals surface area contributed by atoms with Crippen molar-refractivity contribution in [3.05, 3.63) is 28.5 Å². The van der Waals surface area contributed by atoms with Crippen molar-refractivity contribution >= 4 is 26.0 Å². The van der Waals surface area contributed by atoms with Gasteiger partial charge in [0.05, 0.1) is 4.90 Å². The molecule has 0 radical (unpaired) electrons. The van der Waals surface area contributed by atoms with Crippen molar-refractivity contribution in [2.24, 2.45) is 5.92 Å². The van der Waals surface area contributed by atoms with Gasteiger partial charge in [0.2, 0.25) is 10.0 Å². The van der Waals surface area contributed by atoms with Crippen molar-refractivity contribution in [1.29, 1.82) is 0 Å². The average Bonchev–Trinajstić information content (AvgIpc) is 2.81. The highest BCUT2D eigenvalue weighted by molar-refractivity contribution is 9.10. The molecule has 0 saturated carbocycles. The molecule has 1 saturated heterocycles. The Morgan fingerprint density at radius 1 is 1.47 bits per heavy atom. The van der Waals surface area contributed by atoms with Crippen molar-refractivity contribution < 1.29 is 12.8 Å². The van der Waals surface area contributed by atoms with Crippen LogP contribution in [0.3, 0.4) is 0 Å². The van der Waals surface area contributed by atoms with Crippen LogP contribution < -0.4 is 10.0 Å². The minimum Gasteiger partial charge on any atom is -0.316 e. The Labute approximate surface area is 121 Å².